The van der Waals surface area contributed by atoms with E-state index in [0.29, 0.717) is 0 Å². The Morgan fingerprint density at radius 2 is 1.91 bits per heavy atom. The summed E-state index contributed by atoms with van der Waals surface area (Å²) in [7, 11) is 0. The van der Waals surface area contributed by atoms with Gasteiger partial charge in [0.25, 0.3) is 0 Å². The van der Waals surface area contributed by atoms with Gasteiger partial charge in [0.2, 0.25) is 5.91 Å². The lowest BCUT2D eigenvalue weighted by Gasteiger charge is -2.38. The Balaban J connectivity index is 1.81. The minimum Gasteiger partial charge on any atom is -0.480 e. The van der Waals surface area contributed by atoms with Crippen LogP contribution in [0.4, 0.5) is 0 Å². The summed E-state index contributed by atoms with van der Waals surface area (Å²) in [6.07, 6.45) is 0. The van der Waals surface area contributed by atoms with E-state index >= 15 is 0 Å². The zero-order chi connectivity index (χ0) is 16.8. The first-order chi connectivity index (χ1) is 11.0. The molecule has 1 aromatic rings. The molecule has 2 rings (SSSR count). The van der Waals surface area contributed by atoms with E-state index in [1.54, 1.807) is 0 Å². The number of halogens is 1. The Morgan fingerprint density at radius 3 is 2.52 bits per heavy atom. The molecular formula is C16H22ClN3O3. The van der Waals surface area contributed by atoms with Gasteiger partial charge in [-0.15, -0.1) is 0 Å². The number of hydrogen-bond donors (Lipinski definition) is 2. The zero-order valence-electron chi connectivity index (χ0n) is 13.2. The van der Waals surface area contributed by atoms with Crippen LogP contribution in [-0.4, -0.2) is 66.1 Å². The van der Waals surface area contributed by atoms with Gasteiger partial charge in [0, 0.05) is 37.2 Å². The van der Waals surface area contributed by atoms with Crippen molar-refractivity contribution in [1.82, 2.24) is 15.1 Å². The SMILES string of the molecule is CC(c1ccccc1Cl)N1CCN(CC(=O)NCC(=O)O)CC1. The molecule has 1 fully saturated rings. The molecule has 2 N–H and O–H groups in total. The fourth-order valence-corrected chi connectivity index (χ4v) is 3.05. The van der Waals surface area contributed by atoms with E-state index in [2.05, 4.69) is 17.1 Å². The van der Waals surface area contributed by atoms with Crippen molar-refractivity contribution in [3.63, 3.8) is 0 Å². The zero-order valence-corrected chi connectivity index (χ0v) is 13.9. The second-order valence-corrected chi connectivity index (χ2v) is 6.09. The van der Waals surface area contributed by atoms with E-state index in [-0.39, 0.29) is 25.0 Å². The van der Waals surface area contributed by atoms with Crippen LogP contribution in [0.25, 0.3) is 0 Å². The lowest BCUT2D eigenvalue weighted by atomic mass is 10.1. The Hall–Kier alpha value is -1.63. The maximum atomic E-state index is 11.7. The topological polar surface area (TPSA) is 72.9 Å². The molecule has 7 heteroatoms. The van der Waals surface area contributed by atoms with Crippen LogP contribution in [0.2, 0.25) is 5.02 Å². The number of nitrogens with one attached hydrogen (secondary N) is 1. The maximum absolute atomic E-state index is 11.7. The van der Waals surface area contributed by atoms with Crippen LogP contribution >= 0.6 is 11.6 Å². The van der Waals surface area contributed by atoms with Crippen molar-refractivity contribution in [3.8, 4) is 0 Å². The number of piperazine rings is 1. The second kappa shape index (κ2) is 8.29. The number of aliphatic carboxylic acids is 1. The smallest absolute Gasteiger partial charge is 0.322 e. The van der Waals surface area contributed by atoms with E-state index < -0.39 is 5.97 Å². The van der Waals surface area contributed by atoms with Crippen molar-refractivity contribution in [2.24, 2.45) is 0 Å². The molecule has 1 amide bonds. The largest absolute Gasteiger partial charge is 0.480 e. The molecule has 1 aromatic carbocycles. The third-order valence-corrected chi connectivity index (χ3v) is 4.46. The first kappa shape index (κ1) is 17.7. The highest BCUT2D eigenvalue weighted by atomic mass is 35.5. The van der Waals surface area contributed by atoms with Crippen LogP contribution in [-0.2, 0) is 9.59 Å². The van der Waals surface area contributed by atoms with Gasteiger partial charge in [-0.25, -0.2) is 0 Å². The average Bonchev–Trinajstić information content (AvgIpc) is 2.53. The van der Waals surface area contributed by atoms with Gasteiger partial charge in [-0.1, -0.05) is 29.8 Å². The van der Waals surface area contributed by atoms with Crippen molar-refractivity contribution in [3.05, 3.63) is 34.9 Å². The summed E-state index contributed by atoms with van der Waals surface area (Å²) in [5.41, 5.74) is 1.11. The quantitative estimate of drug-likeness (QED) is 0.815. The molecule has 0 aliphatic carbocycles. The van der Waals surface area contributed by atoms with Crippen LogP contribution in [0.3, 0.4) is 0 Å². The highest BCUT2D eigenvalue weighted by molar-refractivity contribution is 6.31. The fourth-order valence-electron chi connectivity index (χ4n) is 2.75. The average molecular weight is 340 g/mol. The molecule has 1 heterocycles. The van der Waals surface area contributed by atoms with Crippen molar-refractivity contribution >= 4 is 23.5 Å². The van der Waals surface area contributed by atoms with Crippen molar-refractivity contribution in [1.29, 1.82) is 0 Å². The number of rotatable bonds is 6. The molecule has 1 aliphatic heterocycles. The number of carbonyl (C=O) groups excluding carboxylic acids is 1. The number of amides is 1. The van der Waals surface area contributed by atoms with Gasteiger partial charge in [-0.05, 0) is 18.6 Å². The Labute approximate surface area is 141 Å². The number of hydrogen-bond acceptors (Lipinski definition) is 4. The Morgan fingerprint density at radius 1 is 1.26 bits per heavy atom. The normalized spacial score (nSPS) is 17.7. The van der Waals surface area contributed by atoms with Crippen LogP contribution in [0.5, 0.6) is 0 Å². The van der Waals surface area contributed by atoms with Crippen molar-refractivity contribution in [2.75, 3.05) is 39.3 Å². The Bertz CT molecular complexity index is 559. The molecule has 0 radical (unpaired) electrons. The number of carboxylic acid groups (broad SMARTS) is 1. The predicted octanol–water partition coefficient (Wildman–Crippen LogP) is 1.22. The first-order valence-corrected chi connectivity index (χ1v) is 8.04. The number of carbonyl (C=O) groups is 2. The van der Waals surface area contributed by atoms with Crippen LogP contribution in [0.15, 0.2) is 24.3 Å². The maximum Gasteiger partial charge on any atom is 0.322 e. The van der Waals surface area contributed by atoms with E-state index in [9.17, 15) is 9.59 Å². The molecule has 0 bridgehead atoms. The van der Waals surface area contributed by atoms with E-state index in [4.69, 9.17) is 16.7 Å². The molecule has 23 heavy (non-hydrogen) atoms. The molecule has 0 spiro atoms. The molecule has 6 nitrogen and oxygen atoms in total. The minimum atomic E-state index is -1.03. The summed E-state index contributed by atoms with van der Waals surface area (Å²) in [5, 5.41) is 11.7. The molecule has 1 unspecified atom stereocenters. The fraction of sp³-hybridized carbons (Fsp3) is 0.500. The van der Waals surface area contributed by atoms with Gasteiger partial charge < -0.3 is 10.4 Å². The third-order valence-electron chi connectivity index (χ3n) is 4.11. The predicted molar refractivity (Wildman–Crippen MR) is 88.5 cm³/mol. The monoisotopic (exact) mass is 339 g/mol. The summed E-state index contributed by atoms with van der Waals surface area (Å²) < 4.78 is 0. The Kier molecular flexibility index (Phi) is 6.38. The first-order valence-electron chi connectivity index (χ1n) is 7.66. The molecule has 1 aliphatic rings. The molecule has 0 saturated carbocycles. The highest BCUT2D eigenvalue weighted by Gasteiger charge is 2.24. The van der Waals surface area contributed by atoms with Gasteiger partial charge >= 0.3 is 5.97 Å². The standard InChI is InChI=1S/C16H22ClN3O3/c1-12(13-4-2-3-5-14(13)17)20-8-6-19(7-9-20)11-15(21)18-10-16(22)23/h2-5,12H,6-11H2,1H3,(H,18,21)(H,22,23). The highest BCUT2D eigenvalue weighted by Crippen LogP contribution is 2.27. The van der Waals surface area contributed by atoms with Crippen LogP contribution in [0.1, 0.15) is 18.5 Å². The third kappa shape index (κ3) is 5.20. The van der Waals surface area contributed by atoms with Crippen LogP contribution in [0, 0.1) is 0 Å². The molecule has 1 saturated heterocycles. The molecular weight excluding hydrogens is 318 g/mol. The van der Waals surface area contributed by atoms with Gasteiger partial charge in [0.15, 0.2) is 0 Å². The summed E-state index contributed by atoms with van der Waals surface area (Å²) in [4.78, 5) is 26.5. The minimum absolute atomic E-state index is 0.228. The van der Waals surface area contributed by atoms with E-state index in [1.807, 2.05) is 29.2 Å². The van der Waals surface area contributed by atoms with E-state index in [1.165, 1.54) is 0 Å². The van der Waals surface area contributed by atoms with Gasteiger partial charge in [0.05, 0.1) is 6.54 Å². The van der Waals surface area contributed by atoms with Gasteiger partial charge in [-0.3, -0.25) is 19.4 Å². The lowest BCUT2D eigenvalue weighted by molar-refractivity contribution is -0.138. The van der Waals surface area contributed by atoms with Gasteiger partial charge in [0.1, 0.15) is 6.54 Å². The van der Waals surface area contributed by atoms with Crippen molar-refractivity contribution < 1.29 is 14.7 Å². The lowest BCUT2D eigenvalue weighted by Crippen LogP contribution is -2.50. The number of nitrogens with zero attached hydrogens (tertiary/aromatic N) is 2. The summed E-state index contributed by atoms with van der Waals surface area (Å²) in [5.74, 6) is -1.28. The number of carboxylic acids is 1. The van der Waals surface area contributed by atoms with Gasteiger partial charge in [-0.2, -0.15) is 0 Å². The number of benzene rings is 1. The molecule has 126 valence electrons. The summed E-state index contributed by atoms with van der Waals surface area (Å²) in [6, 6.07) is 8.08. The summed E-state index contributed by atoms with van der Waals surface area (Å²) in [6.45, 7) is 5.28. The summed E-state index contributed by atoms with van der Waals surface area (Å²) >= 11 is 6.26. The van der Waals surface area contributed by atoms with Crippen LogP contribution < -0.4 is 5.32 Å². The van der Waals surface area contributed by atoms with Crippen molar-refractivity contribution in [2.45, 2.75) is 13.0 Å². The molecule has 0 aromatic heterocycles. The second-order valence-electron chi connectivity index (χ2n) is 5.68. The molecule has 1 atom stereocenters. The van der Waals surface area contributed by atoms with E-state index in [0.717, 1.165) is 36.8 Å².